The molecule has 2 aliphatic rings. The van der Waals surface area contributed by atoms with Gasteiger partial charge in [0.05, 0.1) is 0 Å². The van der Waals surface area contributed by atoms with Crippen LogP contribution in [0.1, 0.15) is 52.4 Å². The maximum absolute atomic E-state index is 12.4. The van der Waals surface area contributed by atoms with Crippen LogP contribution < -0.4 is 10.6 Å². The van der Waals surface area contributed by atoms with Gasteiger partial charge in [0.2, 0.25) is 11.8 Å². The number of nitrogens with one attached hydrogen (secondary N) is 2. The second-order valence-corrected chi connectivity index (χ2v) is 8.02. The number of carbonyl (C=O) groups excluding carboxylic acids is 7. The molecule has 1 saturated heterocycles. The minimum atomic E-state index is -0.981. The first-order valence-corrected chi connectivity index (χ1v) is 10.8. The number of hydrogen-bond acceptors (Lipinski definition) is 8. The number of hydrogen-bond donors (Lipinski definition) is 2. The van der Waals surface area contributed by atoms with Gasteiger partial charge in [-0.15, -0.1) is 5.06 Å². The lowest BCUT2D eigenvalue weighted by atomic mass is 10.0. The van der Waals surface area contributed by atoms with Crippen molar-refractivity contribution in [2.24, 2.45) is 5.92 Å². The van der Waals surface area contributed by atoms with E-state index in [1.54, 1.807) is 13.8 Å². The highest BCUT2D eigenvalue weighted by atomic mass is 16.7. The molecule has 0 aliphatic carbocycles. The van der Waals surface area contributed by atoms with Gasteiger partial charge >= 0.3 is 5.97 Å². The normalized spacial score (nSPS) is 16.6. The zero-order chi connectivity index (χ0) is 24.5. The largest absolute Gasteiger partial charge is 0.352 e. The minimum absolute atomic E-state index is 0.0361. The fraction of sp³-hybridized carbons (Fsp3) is 0.571. The van der Waals surface area contributed by atoms with E-state index in [1.807, 2.05) is 0 Å². The summed E-state index contributed by atoms with van der Waals surface area (Å²) in [6, 6.07) is -0.897. The van der Waals surface area contributed by atoms with Crippen molar-refractivity contribution in [3.05, 3.63) is 12.2 Å². The number of amides is 6. The van der Waals surface area contributed by atoms with Gasteiger partial charge < -0.3 is 15.5 Å². The van der Waals surface area contributed by atoms with Crippen molar-refractivity contribution >= 4 is 41.4 Å². The average Bonchev–Trinajstić information content (AvgIpc) is 3.25. The Morgan fingerprint density at radius 2 is 1.58 bits per heavy atom. The molecule has 2 aliphatic heterocycles. The van der Waals surface area contributed by atoms with Gasteiger partial charge in [0.1, 0.15) is 12.6 Å². The van der Waals surface area contributed by atoms with E-state index in [9.17, 15) is 33.6 Å². The smallest absolute Gasteiger partial charge is 0.344 e. The first-order valence-electron chi connectivity index (χ1n) is 10.8. The number of rotatable bonds is 12. The van der Waals surface area contributed by atoms with Gasteiger partial charge in [0.25, 0.3) is 23.6 Å². The van der Waals surface area contributed by atoms with E-state index >= 15 is 0 Å². The highest BCUT2D eigenvalue weighted by molar-refractivity contribution is 6.12. The van der Waals surface area contributed by atoms with Crippen LogP contribution in [-0.4, -0.2) is 70.5 Å². The van der Waals surface area contributed by atoms with Gasteiger partial charge in [0.15, 0.2) is 0 Å². The number of unbranched alkanes of at least 4 members (excludes halogenated alkanes) is 2. The van der Waals surface area contributed by atoms with Gasteiger partial charge in [0, 0.05) is 38.0 Å². The molecule has 2 rings (SSSR count). The van der Waals surface area contributed by atoms with Crippen molar-refractivity contribution < 1.29 is 38.4 Å². The van der Waals surface area contributed by atoms with Crippen LogP contribution in [-0.2, 0) is 38.4 Å². The molecule has 2 heterocycles. The molecule has 0 aromatic carbocycles. The molecule has 6 amide bonds. The van der Waals surface area contributed by atoms with Crippen molar-refractivity contribution in [3.63, 3.8) is 0 Å². The van der Waals surface area contributed by atoms with Gasteiger partial charge in [-0.25, -0.2) is 4.79 Å². The quantitative estimate of drug-likeness (QED) is 0.284. The average molecular weight is 464 g/mol. The SMILES string of the molecule is CC(C)C(NC(=O)CCCCCN1C(=O)C=CC1=O)C(=O)NCC(=O)ON1C(=O)CCC1=O. The Hall–Kier alpha value is -3.57. The molecular weight excluding hydrogens is 436 g/mol. The van der Waals surface area contributed by atoms with Crippen LogP contribution in [0.25, 0.3) is 0 Å². The number of nitrogens with zero attached hydrogens (tertiary/aromatic N) is 2. The number of hydroxylamine groups is 2. The lowest BCUT2D eigenvalue weighted by Gasteiger charge is -2.22. The Morgan fingerprint density at radius 3 is 2.15 bits per heavy atom. The van der Waals surface area contributed by atoms with Gasteiger partial charge in [-0.2, -0.15) is 0 Å². The fourth-order valence-corrected chi connectivity index (χ4v) is 3.23. The van der Waals surface area contributed by atoms with Crippen LogP contribution in [0.15, 0.2) is 12.2 Å². The summed E-state index contributed by atoms with van der Waals surface area (Å²) in [5.74, 6) is -4.14. The lowest BCUT2D eigenvalue weighted by Crippen LogP contribution is -2.51. The molecule has 33 heavy (non-hydrogen) atoms. The van der Waals surface area contributed by atoms with Crippen molar-refractivity contribution in [1.82, 2.24) is 20.6 Å². The molecule has 1 fully saturated rings. The van der Waals surface area contributed by atoms with Crippen molar-refractivity contribution in [2.45, 2.75) is 58.4 Å². The molecule has 1 atom stereocenters. The summed E-state index contributed by atoms with van der Waals surface area (Å²) < 4.78 is 0. The van der Waals surface area contributed by atoms with E-state index in [0.29, 0.717) is 24.3 Å². The lowest BCUT2D eigenvalue weighted by molar-refractivity contribution is -0.196. The summed E-state index contributed by atoms with van der Waals surface area (Å²) in [5.41, 5.74) is 0. The molecule has 0 aromatic rings. The second-order valence-electron chi connectivity index (χ2n) is 8.02. The minimum Gasteiger partial charge on any atom is -0.344 e. The van der Waals surface area contributed by atoms with E-state index < -0.39 is 36.3 Å². The molecule has 0 spiro atoms. The summed E-state index contributed by atoms with van der Waals surface area (Å²) in [4.78, 5) is 88.2. The first-order chi connectivity index (χ1) is 15.6. The second kappa shape index (κ2) is 11.9. The maximum atomic E-state index is 12.4. The zero-order valence-corrected chi connectivity index (χ0v) is 18.6. The Kier molecular flexibility index (Phi) is 9.25. The fourth-order valence-electron chi connectivity index (χ4n) is 3.23. The molecule has 2 N–H and O–H groups in total. The third kappa shape index (κ3) is 7.51. The maximum Gasteiger partial charge on any atom is 0.352 e. The van der Waals surface area contributed by atoms with Gasteiger partial charge in [-0.05, 0) is 18.8 Å². The molecule has 0 bridgehead atoms. The zero-order valence-electron chi connectivity index (χ0n) is 18.6. The van der Waals surface area contributed by atoms with E-state index in [1.165, 1.54) is 12.2 Å². The number of carbonyl (C=O) groups is 7. The Balaban J connectivity index is 1.68. The van der Waals surface area contributed by atoms with Crippen molar-refractivity contribution in [3.8, 4) is 0 Å². The van der Waals surface area contributed by atoms with Crippen LogP contribution in [0, 0.1) is 5.92 Å². The third-order valence-electron chi connectivity index (χ3n) is 5.06. The van der Waals surface area contributed by atoms with Crippen LogP contribution in [0.4, 0.5) is 0 Å². The van der Waals surface area contributed by atoms with Crippen LogP contribution in [0.5, 0.6) is 0 Å². The summed E-state index contributed by atoms with van der Waals surface area (Å²) in [6.07, 6.45) is 4.20. The summed E-state index contributed by atoms with van der Waals surface area (Å²) >= 11 is 0. The molecule has 180 valence electrons. The molecule has 12 heteroatoms. The molecule has 0 aromatic heterocycles. The van der Waals surface area contributed by atoms with Gasteiger partial charge in [-0.3, -0.25) is 33.7 Å². The Labute approximate surface area is 190 Å². The summed E-state index contributed by atoms with van der Waals surface area (Å²) in [5, 5.41) is 5.35. The van der Waals surface area contributed by atoms with E-state index in [4.69, 9.17) is 0 Å². The highest BCUT2D eigenvalue weighted by Gasteiger charge is 2.33. The van der Waals surface area contributed by atoms with Crippen molar-refractivity contribution in [1.29, 1.82) is 0 Å². The molecule has 0 radical (unpaired) electrons. The van der Waals surface area contributed by atoms with E-state index in [-0.39, 0.29) is 49.4 Å². The third-order valence-corrected chi connectivity index (χ3v) is 5.06. The predicted octanol–water partition coefficient (Wildman–Crippen LogP) is -0.664. The monoisotopic (exact) mass is 464 g/mol. The Morgan fingerprint density at radius 1 is 0.970 bits per heavy atom. The van der Waals surface area contributed by atoms with E-state index in [0.717, 1.165) is 4.90 Å². The molecular formula is C21H28N4O8. The van der Waals surface area contributed by atoms with Crippen LogP contribution in [0.2, 0.25) is 0 Å². The highest BCUT2D eigenvalue weighted by Crippen LogP contribution is 2.12. The standard InChI is InChI=1S/C21H28N4O8/c1-13(2)20(21(32)22-12-19(31)33-25-17(29)9-10-18(25)30)23-14(26)6-4-3-5-11-24-15(27)7-8-16(24)28/h7-8,13,20H,3-6,9-12H2,1-2H3,(H,22,32)(H,23,26). The summed E-state index contributed by atoms with van der Waals surface area (Å²) in [6.45, 7) is 3.16. The molecule has 0 saturated carbocycles. The predicted molar refractivity (Wildman–Crippen MR) is 111 cm³/mol. The molecule has 1 unspecified atom stereocenters. The van der Waals surface area contributed by atoms with E-state index in [2.05, 4.69) is 15.5 Å². The van der Waals surface area contributed by atoms with Crippen LogP contribution >= 0.6 is 0 Å². The number of imide groups is 2. The Bertz CT molecular complexity index is 832. The molecule has 12 nitrogen and oxygen atoms in total. The van der Waals surface area contributed by atoms with Crippen molar-refractivity contribution in [2.75, 3.05) is 13.1 Å². The first kappa shape index (κ1) is 25.7. The topological polar surface area (TPSA) is 159 Å². The van der Waals surface area contributed by atoms with Gasteiger partial charge in [-0.1, -0.05) is 20.3 Å². The van der Waals surface area contributed by atoms with Crippen LogP contribution in [0.3, 0.4) is 0 Å². The summed E-state index contributed by atoms with van der Waals surface area (Å²) in [7, 11) is 0.